The standard InChI is InChI=1S/C14H21F2N/c1-4-17-11(8-10(2)3)9-12-13(15)6-5-7-14(12)16/h5-7,10-11,17H,4,8-9H2,1-3H3. The molecular formula is C14H21F2N. The Kier molecular flexibility index (Phi) is 5.56. The van der Waals surface area contributed by atoms with E-state index in [4.69, 9.17) is 0 Å². The molecule has 0 fully saturated rings. The van der Waals surface area contributed by atoms with Crippen molar-refractivity contribution >= 4 is 0 Å². The van der Waals surface area contributed by atoms with Gasteiger partial charge < -0.3 is 5.32 Å². The van der Waals surface area contributed by atoms with E-state index in [1.165, 1.54) is 18.2 Å². The Morgan fingerprint density at radius 1 is 1.18 bits per heavy atom. The fourth-order valence-electron chi connectivity index (χ4n) is 2.07. The largest absolute Gasteiger partial charge is 0.314 e. The Morgan fingerprint density at radius 3 is 2.24 bits per heavy atom. The highest BCUT2D eigenvalue weighted by molar-refractivity contribution is 5.20. The lowest BCUT2D eigenvalue weighted by Crippen LogP contribution is -2.32. The summed E-state index contributed by atoms with van der Waals surface area (Å²) in [5.41, 5.74) is 0.194. The minimum Gasteiger partial charge on any atom is -0.314 e. The van der Waals surface area contributed by atoms with E-state index < -0.39 is 11.6 Å². The summed E-state index contributed by atoms with van der Waals surface area (Å²) in [6.45, 7) is 7.04. The average molecular weight is 241 g/mol. The first-order valence-electron chi connectivity index (χ1n) is 6.20. The van der Waals surface area contributed by atoms with E-state index in [1.54, 1.807) is 0 Å². The summed E-state index contributed by atoms with van der Waals surface area (Å²) in [7, 11) is 0. The van der Waals surface area contributed by atoms with E-state index in [-0.39, 0.29) is 11.6 Å². The van der Waals surface area contributed by atoms with Gasteiger partial charge in [-0.3, -0.25) is 0 Å². The summed E-state index contributed by atoms with van der Waals surface area (Å²) < 4.78 is 27.0. The highest BCUT2D eigenvalue weighted by atomic mass is 19.1. The smallest absolute Gasteiger partial charge is 0.129 e. The van der Waals surface area contributed by atoms with Crippen LogP contribution in [0.15, 0.2) is 18.2 Å². The highest BCUT2D eigenvalue weighted by Gasteiger charge is 2.16. The molecule has 0 spiro atoms. The third-order valence-corrected chi connectivity index (χ3v) is 2.76. The fraction of sp³-hybridized carbons (Fsp3) is 0.571. The molecule has 1 aromatic carbocycles. The van der Waals surface area contributed by atoms with Crippen LogP contribution < -0.4 is 5.32 Å². The van der Waals surface area contributed by atoms with Crippen molar-refractivity contribution in [2.45, 2.75) is 39.7 Å². The fourth-order valence-corrected chi connectivity index (χ4v) is 2.07. The number of nitrogens with one attached hydrogen (secondary N) is 1. The number of hydrogen-bond acceptors (Lipinski definition) is 1. The zero-order chi connectivity index (χ0) is 12.8. The van der Waals surface area contributed by atoms with Crippen LogP contribution >= 0.6 is 0 Å². The Morgan fingerprint density at radius 2 is 1.76 bits per heavy atom. The van der Waals surface area contributed by atoms with Gasteiger partial charge in [-0.1, -0.05) is 26.8 Å². The van der Waals surface area contributed by atoms with Gasteiger partial charge in [0.15, 0.2) is 0 Å². The second-order valence-corrected chi connectivity index (χ2v) is 4.79. The van der Waals surface area contributed by atoms with Gasteiger partial charge in [0, 0.05) is 11.6 Å². The summed E-state index contributed by atoms with van der Waals surface area (Å²) in [6.07, 6.45) is 1.33. The van der Waals surface area contributed by atoms with Gasteiger partial charge in [0.05, 0.1) is 0 Å². The molecule has 0 amide bonds. The van der Waals surface area contributed by atoms with Gasteiger partial charge in [0.2, 0.25) is 0 Å². The third-order valence-electron chi connectivity index (χ3n) is 2.76. The average Bonchev–Trinajstić information content (AvgIpc) is 2.23. The highest BCUT2D eigenvalue weighted by Crippen LogP contribution is 2.17. The molecule has 0 aromatic heterocycles. The van der Waals surface area contributed by atoms with Gasteiger partial charge in [-0.05, 0) is 37.4 Å². The number of halogens is 2. The van der Waals surface area contributed by atoms with Crippen molar-refractivity contribution in [1.82, 2.24) is 5.32 Å². The van der Waals surface area contributed by atoms with E-state index >= 15 is 0 Å². The van der Waals surface area contributed by atoms with Crippen molar-refractivity contribution in [1.29, 1.82) is 0 Å². The molecule has 1 nitrogen and oxygen atoms in total. The first-order chi connectivity index (χ1) is 8.04. The minimum atomic E-state index is -0.448. The van der Waals surface area contributed by atoms with Gasteiger partial charge in [-0.15, -0.1) is 0 Å². The lowest BCUT2D eigenvalue weighted by molar-refractivity contribution is 0.411. The predicted molar refractivity (Wildman–Crippen MR) is 67.0 cm³/mol. The van der Waals surface area contributed by atoms with Crippen LogP contribution in [-0.2, 0) is 6.42 Å². The van der Waals surface area contributed by atoms with Crippen LogP contribution in [-0.4, -0.2) is 12.6 Å². The van der Waals surface area contributed by atoms with E-state index in [1.807, 2.05) is 6.92 Å². The second kappa shape index (κ2) is 6.70. The van der Waals surface area contributed by atoms with Gasteiger partial charge in [0.25, 0.3) is 0 Å². The zero-order valence-electron chi connectivity index (χ0n) is 10.8. The van der Waals surface area contributed by atoms with Crippen LogP contribution in [0.25, 0.3) is 0 Å². The first kappa shape index (κ1) is 14.1. The first-order valence-corrected chi connectivity index (χ1v) is 6.20. The van der Waals surface area contributed by atoms with E-state index in [2.05, 4.69) is 19.2 Å². The molecule has 0 heterocycles. The number of benzene rings is 1. The molecule has 0 saturated heterocycles. The monoisotopic (exact) mass is 241 g/mol. The normalized spacial score (nSPS) is 13.1. The van der Waals surface area contributed by atoms with Gasteiger partial charge in [-0.25, -0.2) is 8.78 Å². The SMILES string of the molecule is CCNC(Cc1c(F)cccc1F)CC(C)C. The van der Waals surface area contributed by atoms with Crippen molar-refractivity contribution in [3.63, 3.8) is 0 Å². The Bertz CT molecular complexity index is 330. The van der Waals surface area contributed by atoms with E-state index in [0.29, 0.717) is 12.3 Å². The molecule has 0 saturated carbocycles. The number of likely N-dealkylation sites (N-methyl/N-ethyl adjacent to an activating group) is 1. The van der Waals surface area contributed by atoms with Crippen LogP contribution in [0, 0.1) is 17.6 Å². The van der Waals surface area contributed by atoms with Crippen LogP contribution in [0.2, 0.25) is 0 Å². The van der Waals surface area contributed by atoms with Crippen LogP contribution in [0.3, 0.4) is 0 Å². The quantitative estimate of drug-likeness (QED) is 0.803. The molecule has 1 rings (SSSR count). The maximum Gasteiger partial charge on any atom is 0.129 e. The molecule has 0 aliphatic heterocycles. The molecule has 96 valence electrons. The molecule has 1 unspecified atom stereocenters. The van der Waals surface area contributed by atoms with Crippen LogP contribution in [0.5, 0.6) is 0 Å². The van der Waals surface area contributed by atoms with Gasteiger partial charge >= 0.3 is 0 Å². The molecule has 1 aromatic rings. The van der Waals surface area contributed by atoms with Crippen LogP contribution in [0.1, 0.15) is 32.8 Å². The summed E-state index contributed by atoms with van der Waals surface area (Å²) in [4.78, 5) is 0. The molecule has 3 heteroatoms. The molecule has 0 aliphatic carbocycles. The molecule has 17 heavy (non-hydrogen) atoms. The summed E-state index contributed by atoms with van der Waals surface area (Å²) in [6, 6.07) is 4.17. The number of rotatable bonds is 6. The van der Waals surface area contributed by atoms with E-state index in [0.717, 1.165) is 13.0 Å². The molecule has 1 N–H and O–H groups in total. The number of hydrogen-bond donors (Lipinski definition) is 1. The summed E-state index contributed by atoms with van der Waals surface area (Å²) in [5, 5.41) is 3.28. The summed E-state index contributed by atoms with van der Waals surface area (Å²) >= 11 is 0. The molecule has 0 aliphatic rings. The van der Waals surface area contributed by atoms with Crippen molar-refractivity contribution < 1.29 is 8.78 Å². The van der Waals surface area contributed by atoms with E-state index in [9.17, 15) is 8.78 Å². The maximum atomic E-state index is 13.5. The topological polar surface area (TPSA) is 12.0 Å². The van der Waals surface area contributed by atoms with Crippen LogP contribution in [0.4, 0.5) is 8.78 Å². The molecule has 1 atom stereocenters. The summed E-state index contributed by atoms with van der Waals surface area (Å²) in [5.74, 6) is -0.387. The molecule has 0 bridgehead atoms. The Balaban J connectivity index is 2.78. The maximum absolute atomic E-state index is 13.5. The zero-order valence-corrected chi connectivity index (χ0v) is 10.8. The molecular weight excluding hydrogens is 220 g/mol. The predicted octanol–water partition coefficient (Wildman–Crippen LogP) is 3.53. The minimum absolute atomic E-state index is 0.131. The Labute approximate surface area is 102 Å². The van der Waals surface area contributed by atoms with Crippen molar-refractivity contribution in [2.24, 2.45) is 5.92 Å². The Hall–Kier alpha value is -0.960. The third kappa shape index (κ3) is 4.43. The lowest BCUT2D eigenvalue weighted by Gasteiger charge is -2.20. The van der Waals surface area contributed by atoms with Crippen molar-refractivity contribution in [3.05, 3.63) is 35.4 Å². The van der Waals surface area contributed by atoms with Gasteiger partial charge in [0.1, 0.15) is 11.6 Å². The van der Waals surface area contributed by atoms with Crippen molar-refractivity contribution in [3.8, 4) is 0 Å². The second-order valence-electron chi connectivity index (χ2n) is 4.79. The lowest BCUT2D eigenvalue weighted by atomic mass is 9.96. The van der Waals surface area contributed by atoms with Crippen molar-refractivity contribution in [2.75, 3.05) is 6.54 Å². The van der Waals surface area contributed by atoms with Gasteiger partial charge in [-0.2, -0.15) is 0 Å². The molecule has 0 radical (unpaired) electrons.